The van der Waals surface area contributed by atoms with Crippen LogP contribution in [0.15, 0.2) is 0 Å². The molecule has 0 saturated heterocycles. The number of rotatable bonds is 11. The Hall–Kier alpha value is -0.0800. The largest absolute Gasteiger partial charge is 0.376 e. The van der Waals surface area contributed by atoms with Gasteiger partial charge in [-0.15, -0.1) is 0 Å². The molecule has 0 radical (unpaired) electrons. The number of ether oxygens (including phenoxy) is 1. The second kappa shape index (κ2) is 9.90. The van der Waals surface area contributed by atoms with Crippen LogP contribution in [0.2, 0.25) is 0 Å². The maximum atomic E-state index is 5.82. The number of nitrogens with one attached hydrogen (secondary N) is 1. The second-order valence-electron chi connectivity index (χ2n) is 5.97. The number of hydrogen-bond acceptors (Lipinski definition) is 2. The lowest BCUT2D eigenvalue weighted by Crippen LogP contribution is -2.23. The Labute approximate surface area is 109 Å². The van der Waals surface area contributed by atoms with Crippen molar-refractivity contribution in [1.82, 2.24) is 5.32 Å². The highest BCUT2D eigenvalue weighted by Gasteiger charge is 2.13. The minimum Gasteiger partial charge on any atom is -0.376 e. The molecule has 0 aliphatic carbocycles. The second-order valence-corrected chi connectivity index (χ2v) is 5.97. The fourth-order valence-electron chi connectivity index (χ4n) is 1.55. The Morgan fingerprint density at radius 1 is 1.06 bits per heavy atom. The van der Waals surface area contributed by atoms with E-state index >= 15 is 0 Å². The molecule has 0 saturated carbocycles. The normalized spacial score (nSPS) is 12.4. The van der Waals surface area contributed by atoms with Crippen molar-refractivity contribution in [3.05, 3.63) is 0 Å². The lowest BCUT2D eigenvalue weighted by molar-refractivity contribution is -0.0216. The average Bonchev–Trinajstić information content (AvgIpc) is 2.26. The van der Waals surface area contributed by atoms with Crippen molar-refractivity contribution >= 4 is 0 Å². The Bertz CT molecular complexity index is 166. The molecule has 0 fully saturated rings. The first-order valence-corrected chi connectivity index (χ1v) is 7.32. The fraction of sp³-hybridized carbons (Fsp3) is 1.00. The quantitative estimate of drug-likeness (QED) is 0.554. The van der Waals surface area contributed by atoms with Crippen LogP contribution in [0.1, 0.15) is 66.7 Å². The fourth-order valence-corrected chi connectivity index (χ4v) is 1.55. The van der Waals surface area contributed by atoms with E-state index in [-0.39, 0.29) is 5.60 Å². The first-order valence-electron chi connectivity index (χ1n) is 7.32. The molecule has 0 aromatic heterocycles. The summed E-state index contributed by atoms with van der Waals surface area (Å²) in [5.41, 5.74) is 0.0683. The Kier molecular flexibility index (Phi) is 9.85. The van der Waals surface area contributed by atoms with E-state index in [1.54, 1.807) is 0 Å². The molecule has 0 aromatic rings. The van der Waals surface area contributed by atoms with Crippen LogP contribution < -0.4 is 5.32 Å². The zero-order valence-electron chi connectivity index (χ0n) is 12.6. The summed E-state index contributed by atoms with van der Waals surface area (Å²) in [5, 5.41) is 3.48. The van der Waals surface area contributed by atoms with Crippen molar-refractivity contribution in [2.45, 2.75) is 72.3 Å². The van der Waals surface area contributed by atoms with Crippen molar-refractivity contribution in [2.24, 2.45) is 5.92 Å². The molecule has 0 aliphatic rings. The summed E-state index contributed by atoms with van der Waals surface area (Å²) < 4.78 is 5.82. The van der Waals surface area contributed by atoms with Gasteiger partial charge >= 0.3 is 0 Å². The maximum absolute atomic E-state index is 5.82. The zero-order chi connectivity index (χ0) is 13.1. The summed E-state index contributed by atoms with van der Waals surface area (Å²) in [7, 11) is 0. The molecule has 2 nitrogen and oxygen atoms in total. The number of unbranched alkanes of at least 4 members (excludes halogenated alkanes) is 3. The molecule has 1 N–H and O–H groups in total. The molecular weight excluding hydrogens is 210 g/mol. The molecule has 0 aromatic carbocycles. The lowest BCUT2D eigenvalue weighted by atomic mass is 10.1. The Morgan fingerprint density at radius 3 is 2.29 bits per heavy atom. The monoisotopic (exact) mass is 243 g/mol. The van der Waals surface area contributed by atoms with Gasteiger partial charge in [-0.3, -0.25) is 0 Å². The van der Waals surface area contributed by atoms with Crippen molar-refractivity contribution < 1.29 is 4.74 Å². The van der Waals surface area contributed by atoms with Crippen LogP contribution in [-0.2, 0) is 4.74 Å². The molecule has 104 valence electrons. The summed E-state index contributed by atoms with van der Waals surface area (Å²) in [4.78, 5) is 0. The third-order valence-electron chi connectivity index (χ3n) is 3.14. The summed E-state index contributed by atoms with van der Waals surface area (Å²) in [6.45, 7) is 14.2. The van der Waals surface area contributed by atoms with Gasteiger partial charge in [-0.05, 0) is 52.1 Å². The first kappa shape index (κ1) is 16.9. The van der Waals surface area contributed by atoms with E-state index in [1.807, 2.05) is 0 Å². The zero-order valence-corrected chi connectivity index (χ0v) is 12.6. The molecule has 0 rings (SSSR count). The van der Waals surface area contributed by atoms with E-state index in [0.717, 1.165) is 25.5 Å². The minimum absolute atomic E-state index is 0.0683. The van der Waals surface area contributed by atoms with Gasteiger partial charge in [-0.25, -0.2) is 0 Å². The van der Waals surface area contributed by atoms with Crippen LogP contribution in [0.5, 0.6) is 0 Å². The highest BCUT2D eigenvalue weighted by Crippen LogP contribution is 2.14. The minimum atomic E-state index is 0.0683. The predicted molar refractivity (Wildman–Crippen MR) is 76.5 cm³/mol. The van der Waals surface area contributed by atoms with E-state index in [0.29, 0.717) is 0 Å². The molecule has 0 bridgehead atoms. The van der Waals surface area contributed by atoms with E-state index in [1.165, 1.54) is 32.2 Å². The molecule has 0 aliphatic heterocycles. The van der Waals surface area contributed by atoms with Gasteiger partial charge in [0.15, 0.2) is 0 Å². The van der Waals surface area contributed by atoms with Gasteiger partial charge in [0, 0.05) is 6.61 Å². The maximum Gasteiger partial charge on any atom is 0.0623 e. The molecule has 0 atom stereocenters. The predicted octanol–water partition coefficient (Wildman–Crippen LogP) is 4.00. The third kappa shape index (κ3) is 12.2. The summed E-state index contributed by atoms with van der Waals surface area (Å²) >= 11 is 0. The SMILES string of the molecule is CCC(C)(C)OCCCCCCNCC(C)C. The summed E-state index contributed by atoms with van der Waals surface area (Å²) in [6, 6.07) is 0. The highest BCUT2D eigenvalue weighted by molar-refractivity contribution is 4.64. The van der Waals surface area contributed by atoms with E-state index in [9.17, 15) is 0 Å². The average molecular weight is 243 g/mol. The van der Waals surface area contributed by atoms with E-state index in [4.69, 9.17) is 4.74 Å². The van der Waals surface area contributed by atoms with Crippen molar-refractivity contribution in [2.75, 3.05) is 19.7 Å². The van der Waals surface area contributed by atoms with Crippen molar-refractivity contribution in [3.8, 4) is 0 Å². The summed E-state index contributed by atoms with van der Waals surface area (Å²) in [5.74, 6) is 0.764. The van der Waals surface area contributed by atoms with Crippen molar-refractivity contribution in [1.29, 1.82) is 0 Å². The molecule has 2 heteroatoms. The van der Waals surface area contributed by atoms with Crippen LogP contribution in [0.4, 0.5) is 0 Å². The number of hydrogen-bond donors (Lipinski definition) is 1. The van der Waals surface area contributed by atoms with Gasteiger partial charge in [0.05, 0.1) is 5.60 Å². The third-order valence-corrected chi connectivity index (χ3v) is 3.14. The molecule has 0 spiro atoms. The van der Waals surface area contributed by atoms with Crippen LogP contribution in [0, 0.1) is 5.92 Å². The van der Waals surface area contributed by atoms with E-state index < -0.39 is 0 Å². The van der Waals surface area contributed by atoms with Crippen LogP contribution in [-0.4, -0.2) is 25.3 Å². The Morgan fingerprint density at radius 2 is 1.71 bits per heavy atom. The first-order chi connectivity index (χ1) is 7.98. The standard InChI is InChI=1S/C15H33NO/c1-6-15(4,5)17-12-10-8-7-9-11-16-13-14(2)3/h14,16H,6-13H2,1-5H3. The van der Waals surface area contributed by atoms with Gasteiger partial charge < -0.3 is 10.1 Å². The topological polar surface area (TPSA) is 21.3 Å². The molecule has 0 unspecified atom stereocenters. The van der Waals surface area contributed by atoms with Gasteiger partial charge in [-0.1, -0.05) is 33.6 Å². The smallest absolute Gasteiger partial charge is 0.0623 e. The van der Waals surface area contributed by atoms with Crippen LogP contribution in [0.3, 0.4) is 0 Å². The Balaban J connectivity index is 3.14. The van der Waals surface area contributed by atoms with Gasteiger partial charge in [-0.2, -0.15) is 0 Å². The molecule has 0 heterocycles. The molecule has 17 heavy (non-hydrogen) atoms. The van der Waals surface area contributed by atoms with E-state index in [2.05, 4.69) is 39.9 Å². The van der Waals surface area contributed by atoms with Gasteiger partial charge in [0.25, 0.3) is 0 Å². The summed E-state index contributed by atoms with van der Waals surface area (Å²) in [6.07, 6.45) is 6.20. The molecular formula is C15H33NO. The lowest BCUT2D eigenvalue weighted by Gasteiger charge is -2.23. The van der Waals surface area contributed by atoms with Crippen LogP contribution >= 0.6 is 0 Å². The van der Waals surface area contributed by atoms with Gasteiger partial charge in [0.2, 0.25) is 0 Å². The van der Waals surface area contributed by atoms with Crippen LogP contribution in [0.25, 0.3) is 0 Å². The molecule has 0 amide bonds. The highest BCUT2D eigenvalue weighted by atomic mass is 16.5. The van der Waals surface area contributed by atoms with Gasteiger partial charge in [0.1, 0.15) is 0 Å². The van der Waals surface area contributed by atoms with Crippen molar-refractivity contribution in [3.63, 3.8) is 0 Å².